The van der Waals surface area contributed by atoms with Crippen molar-refractivity contribution in [1.82, 2.24) is 0 Å². The Morgan fingerprint density at radius 1 is 1.19 bits per heavy atom. The minimum Gasteiger partial charge on any atom is -0.466 e. The van der Waals surface area contributed by atoms with Crippen LogP contribution >= 0.6 is 0 Å². The van der Waals surface area contributed by atoms with Crippen molar-refractivity contribution in [2.45, 2.75) is 45.4 Å². The van der Waals surface area contributed by atoms with Crippen LogP contribution in [0.15, 0.2) is 24.3 Å². The number of benzene rings is 1. The molecule has 1 aliphatic rings. The van der Waals surface area contributed by atoms with E-state index in [-0.39, 0.29) is 11.9 Å². The maximum Gasteiger partial charge on any atom is 0.305 e. The van der Waals surface area contributed by atoms with Crippen molar-refractivity contribution in [2.75, 3.05) is 18.1 Å². The van der Waals surface area contributed by atoms with E-state index in [0.717, 1.165) is 43.5 Å². The van der Waals surface area contributed by atoms with Crippen LogP contribution in [0.2, 0.25) is 0 Å². The fourth-order valence-corrected chi connectivity index (χ4v) is 2.69. The summed E-state index contributed by atoms with van der Waals surface area (Å²) < 4.78 is 4.89. The summed E-state index contributed by atoms with van der Waals surface area (Å²) in [4.78, 5) is 25.1. The molecule has 1 amide bonds. The van der Waals surface area contributed by atoms with Gasteiger partial charge in [0.1, 0.15) is 0 Å². The van der Waals surface area contributed by atoms with Crippen LogP contribution < -0.4 is 4.90 Å². The number of unbranched alkanes of at least 4 members (excludes halogenated alkanes) is 3. The van der Waals surface area contributed by atoms with Gasteiger partial charge in [-0.1, -0.05) is 31.0 Å². The number of para-hydroxylation sites is 1. The third-order valence-corrected chi connectivity index (χ3v) is 3.74. The monoisotopic (exact) mass is 289 g/mol. The zero-order valence-corrected chi connectivity index (χ0v) is 12.6. The minimum atomic E-state index is -0.110. The predicted octanol–water partition coefficient (Wildman–Crippen LogP) is 3.09. The molecule has 0 bridgehead atoms. The highest BCUT2D eigenvalue weighted by Gasteiger charge is 2.25. The third-order valence-electron chi connectivity index (χ3n) is 3.74. The van der Waals surface area contributed by atoms with E-state index in [2.05, 4.69) is 0 Å². The van der Waals surface area contributed by atoms with Crippen molar-refractivity contribution in [3.8, 4) is 0 Å². The molecule has 0 atom stereocenters. The highest BCUT2D eigenvalue weighted by atomic mass is 16.5. The number of rotatable bonds is 8. The van der Waals surface area contributed by atoms with Gasteiger partial charge in [-0.3, -0.25) is 9.59 Å². The molecule has 0 aliphatic carbocycles. The predicted molar refractivity (Wildman–Crippen MR) is 82.2 cm³/mol. The lowest BCUT2D eigenvalue weighted by atomic mass is 10.1. The molecule has 0 N–H and O–H groups in total. The number of hydrogen-bond acceptors (Lipinski definition) is 3. The van der Waals surface area contributed by atoms with Gasteiger partial charge in [-0.05, 0) is 31.4 Å². The summed E-state index contributed by atoms with van der Waals surface area (Å²) in [5, 5.41) is 0. The molecule has 0 saturated carbocycles. The topological polar surface area (TPSA) is 46.6 Å². The molecule has 0 fully saturated rings. The second kappa shape index (κ2) is 7.81. The number of amides is 1. The van der Waals surface area contributed by atoms with E-state index in [4.69, 9.17) is 4.74 Å². The van der Waals surface area contributed by atoms with E-state index in [1.54, 1.807) is 0 Å². The van der Waals surface area contributed by atoms with Crippen molar-refractivity contribution in [1.29, 1.82) is 0 Å². The Bertz CT molecular complexity index is 499. The Morgan fingerprint density at radius 2 is 1.95 bits per heavy atom. The van der Waals surface area contributed by atoms with Gasteiger partial charge in [0.05, 0.1) is 13.0 Å². The van der Waals surface area contributed by atoms with Gasteiger partial charge in [0.25, 0.3) is 0 Å². The third kappa shape index (κ3) is 4.31. The lowest BCUT2D eigenvalue weighted by Crippen LogP contribution is -2.27. The number of fused-ring (bicyclic) bond motifs is 1. The van der Waals surface area contributed by atoms with E-state index >= 15 is 0 Å². The number of anilines is 1. The quantitative estimate of drug-likeness (QED) is 0.546. The van der Waals surface area contributed by atoms with Crippen LogP contribution in [-0.2, 0) is 20.7 Å². The number of carbonyl (C=O) groups is 2. The number of nitrogens with zero attached hydrogens (tertiary/aromatic N) is 1. The van der Waals surface area contributed by atoms with E-state index in [1.165, 1.54) is 0 Å². The molecule has 1 aromatic rings. The first-order chi connectivity index (χ1) is 10.2. The number of hydrogen-bond donors (Lipinski definition) is 0. The van der Waals surface area contributed by atoms with Gasteiger partial charge < -0.3 is 9.64 Å². The molecule has 0 saturated heterocycles. The summed E-state index contributed by atoms with van der Waals surface area (Å²) in [7, 11) is 0. The fourth-order valence-electron chi connectivity index (χ4n) is 2.69. The smallest absolute Gasteiger partial charge is 0.305 e. The van der Waals surface area contributed by atoms with E-state index in [9.17, 15) is 9.59 Å². The van der Waals surface area contributed by atoms with Crippen molar-refractivity contribution >= 4 is 17.6 Å². The second-order valence-electron chi connectivity index (χ2n) is 5.32. The van der Waals surface area contributed by atoms with Crippen molar-refractivity contribution in [2.24, 2.45) is 0 Å². The molecule has 0 spiro atoms. The van der Waals surface area contributed by atoms with Gasteiger partial charge in [0.15, 0.2) is 0 Å². The average molecular weight is 289 g/mol. The molecule has 1 heterocycles. The Balaban J connectivity index is 1.65. The van der Waals surface area contributed by atoms with Crippen molar-refractivity contribution in [3.63, 3.8) is 0 Å². The lowest BCUT2D eigenvalue weighted by molar-refractivity contribution is -0.143. The summed E-state index contributed by atoms with van der Waals surface area (Å²) in [6, 6.07) is 7.99. The summed E-state index contributed by atoms with van der Waals surface area (Å²) >= 11 is 0. The average Bonchev–Trinajstić information content (AvgIpc) is 2.79. The maximum atomic E-state index is 12.0. The summed E-state index contributed by atoms with van der Waals surface area (Å²) in [5.41, 5.74) is 2.19. The van der Waals surface area contributed by atoms with Crippen LogP contribution in [0.3, 0.4) is 0 Å². The highest BCUT2D eigenvalue weighted by molar-refractivity contribution is 6.01. The summed E-state index contributed by atoms with van der Waals surface area (Å²) in [5.74, 6) is 0.0869. The first-order valence-corrected chi connectivity index (χ1v) is 7.76. The molecule has 4 nitrogen and oxygen atoms in total. The SMILES string of the molecule is CCOC(=O)CCCCCCN1C(=O)Cc2ccccc21. The van der Waals surface area contributed by atoms with Gasteiger partial charge in [0, 0.05) is 18.7 Å². The Morgan fingerprint density at radius 3 is 2.76 bits per heavy atom. The first kappa shape index (κ1) is 15.5. The van der Waals surface area contributed by atoms with Crippen LogP contribution in [0.25, 0.3) is 0 Å². The molecule has 0 unspecified atom stereocenters. The van der Waals surface area contributed by atoms with Gasteiger partial charge in [-0.25, -0.2) is 0 Å². The summed E-state index contributed by atoms with van der Waals surface area (Å²) in [6.45, 7) is 3.05. The molecule has 114 valence electrons. The molecule has 2 rings (SSSR count). The fraction of sp³-hybridized carbons (Fsp3) is 0.529. The van der Waals surface area contributed by atoms with Crippen molar-refractivity contribution in [3.05, 3.63) is 29.8 Å². The lowest BCUT2D eigenvalue weighted by Gasteiger charge is -2.17. The van der Waals surface area contributed by atoms with Crippen LogP contribution in [0.4, 0.5) is 5.69 Å². The van der Waals surface area contributed by atoms with Gasteiger partial charge in [0.2, 0.25) is 5.91 Å². The molecule has 1 aliphatic heterocycles. The number of esters is 1. The van der Waals surface area contributed by atoms with Crippen LogP contribution in [0.5, 0.6) is 0 Å². The zero-order valence-electron chi connectivity index (χ0n) is 12.6. The largest absolute Gasteiger partial charge is 0.466 e. The van der Waals surface area contributed by atoms with E-state index in [1.807, 2.05) is 36.1 Å². The molecule has 0 aromatic heterocycles. The number of ether oxygens (including phenoxy) is 1. The molecule has 1 aromatic carbocycles. The molecular formula is C17H23NO3. The highest BCUT2D eigenvalue weighted by Crippen LogP contribution is 2.28. The zero-order chi connectivity index (χ0) is 15.1. The maximum absolute atomic E-state index is 12.0. The Kier molecular flexibility index (Phi) is 5.78. The van der Waals surface area contributed by atoms with Crippen LogP contribution in [0, 0.1) is 0 Å². The van der Waals surface area contributed by atoms with Crippen LogP contribution in [0.1, 0.15) is 44.6 Å². The number of carbonyl (C=O) groups excluding carboxylic acids is 2. The minimum absolute atomic E-state index is 0.110. The Hall–Kier alpha value is -1.84. The molecule has 4 heteroatoms. The molecular weight excluding hydrogens is 266 g/mol. The van der Waals surface area contributed by atoms with E-state index < -0.39 is 0 Å². The standard InChI is InChI=1S/C17H23NO3/c1-2-21-17(20)11-5-3-4-8-12-18-15-10-7-6-9-14(15)13-16(18)19/h6-7,9-10H,2-5,8,11-13H2,1H3. The second-order valence-corrected chi connectivity index (χ2v) is 5.32. The van der Waals surface area contributed by atoms with E-state index in [0.29, 0.717) is 19.4 Å². The Labute approximate surface area is 126 Å². The molecule has 0 radical (unpaired) electrons. The van der Waals surface area contributed by atoms with Crippen LogP contribution in [-0.4, -0.2) is 25.0 Å². The van der Waals surface area contributed by atoms with Gasteiger partial charge in [-0.2, -0.15) is 0 Å². The van der Waals surface area contributed by atoms with Gasteiger partial charge in [-0.15, -0.1) is 0 Å². The normalized spacial score (nSPS) is 13.4. The van der Waals surface area contributed by atoms with Crippen molar-refractivity contribution < 1.29 is 14.3 Å². The first-order valence-electron chi connectivity index (χ1n) is 7.76. The summed E-state index contributed by atoms with van der Waals surface area (Å²) in [6.07, 6.45) is 4.90. The molecule has 21 heavy (non-hydrogen) atoms. The van der Waals surface area contributed by atoms with Gasteiger partial charge >= 0.3 is 5.97 Å².